The van der Waals surface area contributed by atoms with Crippen LogP contribution in [-0.2, 0) is 9.53 Å². The molecule has 0 atom stereocenters. The molecular formula is C5H10N2O3. The highest BCUT2D eigenvalue weighted by Gasteiger charge is 1.95. The Morgan fingerprint density at radius 2 is 2.20 bits per heavy atom. The molecule has 3 N–H and O–H groups in total. The van der Waals surface area contributed by atoms with Crippen LogP contribution in [0.3, 0.4) is 0 Å². The number of hydrogen-bond acceptors (Lipinski definition) is 3. The first kappa shape index (κ1) is 8.74. The van der Waals surface area contributed by atoms with Gasteiger partial charge in [0.15, 0.2) is 6.73 Å². The summed E-state index contributed by atoms with van der Waals surface area (Å²) < 4.78 is 4.22. The van der Waals surface area contributed by atoms with Crippen LogP contribution in [0.2, 0.25) is 0 Å². The van der Waals surface area contributed by atoms with E-state index in [1.165, 1.54) is 0 Å². The van der Waals surface area contributed by atoms with E-state index in [-0.39, 0.29) is 12.6 Å². The lowest BCUT2D eigenvalue weighted by Gasteiger charge is -2.01. The molecule has 0 aliphatic rings. The molecule has 0 saturated carbocycles. The fourth-order valence-corrected chi connectivity index (χ4v) is 0.313. The number of primary amides is 1. The Balaban J connectivity index is 3.20. The third-order valence-electron chi connectivity index (χ3n) is 0.805. The van der Waals surface area contributed by atoms with Gasteiger partial charge in [-0.1, -0.05) is 6.92 Å². The predicted octanol–water partition coefficient (Wildman–Crippen LogP) is -0.435. The Kier molecular flexibility index (Phi) is 4.02. The van der Waals surface area contributed by atoms with Gasteiger partial charge in [-0.3, -0.25) is 4.79 Å². The molecule has 0 aliphatic carbocycles. The number of carbonyl (C=O) groups excluding carboxylic acids is 2. The van der Waals surface area contributed by atoms with E-state index in [2.05, 4.69) is 15.8 Å². The van der Waals surface area contributed by atoms with Crippen molar-refractivity contribution in [3.05, 3.63) is 0 Å². The van der Waals surface area contributed by atoms with Crippen LogP contribution in [-0.4, -0.2) is 18.7 Å². The maximum Gasteiger partial charge on any atom is 0.406 e. The smallest absolute Gasteiger partial charge is 0.406 e. The van der Waals surface area contributed by atoms with Gasteiger partial charge in [-0.15, -0.1) is 0 Å². The van der Waals surface area contributed by atoms with Gasteiger partial charge < -0.3 is 15.8 Å². The van der Waals surface area contributed by atoms with Crippen LogP contribution < -0.4 is 11.1 Å². The van der Waals surface area contributed by atoms with E-state index in [0.29, 0.717) is 6.42 Å². The zero-order valence-electron chi connectivity index (χ0n) is 5.72. The van der Waals surface area contributed by atoms with Gasteiger partial charge in [0.05, 0.1) is 0 Å². The summed E-state index contributed by atoms with van der Waals surface area (Å²) in [5.74, 6) is -0.179. The third kappa shape index (κ3) is 4.89. The predicted molar refractivity (Wildman–Crippen MR) is 34.0 cm³/mol. The lowest BCUT2D eigenvalue weighted by Crippen LogP contribution is -2.28. The lowest BCUT2D eigenvalue weighted by molar-refractivity contribution is -0.121. The molecule has 2 amide bonds. The van der Waals surface area contributed by atoms with Crippen molar-refractivity contribution in [1.29, 1.82) is 0 Å². The van der Waals surface area contributed by atoms with Crippen LogP contribution in [0.4, 0.5) is 4.79 Å². The monoisotopic (exact) mass is 146 g/mol. The Labute approximate surface area is 58.5 Å². The van der Waals surface area contributed by atoms with Gasteiger partial charge in [-0.2, -0.15) is 0 Å². The first-order chi connectivity index (χ1) is 4.66. The second-order valence-electron chi connectivity index (χ2n) is 1.56. The number of ether oxygens (including phenoxy) is 1. The average Bonchev–Trinajstić information content (AvgIpc) is 1.87. The van der Waals surface area contributed by atoms with Crippen LogP contribution in [0.5, 0.6) is 0 Å². The zero-order valence-corrected chi connectivity index (χ0v) is 5.72. The van der Waals surface area contributed by atoms with Crippen LogP contribution in [0.15, 0.2) is 0 Å². The fourth-order valence-electron chi connectivity index (χ4n) is 0.313. The third-order valence-corrected chi connectivity index (χ3v) is 0.805. The first-order valence-corrected chi connectivity index (χ1v) is 2.85. The number of nitrogens with one attached hydrogen (secondary N) is 1. The quantitative estimate of drug-likeness (QED) is 0.530. The summed E-state index contributed by atoms with van der Waals surface area (Å²) in [6.45, 7) is 1.54. The molecule has 0 unspecified atom stereocenters. The van der Waals surface area contributed by atoms with Crippen LogP contribution in [0.1, 0.15) is 13.3 Å². The van der Waals surface area contributed by atoms with Crippen molar-refractivity contribution in [2.45, 2.75) is 13.3 Å². The van der Waals surface area contributed by atoms with Crippen molar-refractivity contribution < 1.29 is 14.3 Å². The number of hydrogen-bond donors (Lipinski definition) is 2. The van der Waals surface area contributed by atoms with Crippen molar-refractivity contribution >= 4 is 12.0 Å². The molecule has 0 heterocycles. The Hall–Kier alpha value is -1.26. The minimum atomic E-state index is -0.892. The van der Waals surface area contributed by atoms with Crippen molar-refractivity contribution in [3.63, 3.8) is 0 Å². The maximum atomic E-state index is 10.5. The Morgan fingerprint density at radius 1 is 1.60 bits per heavy atom. The molecule has 0 aromatic heterocycles. The molecule has 0 aliphatic heterocycles. The molecule has 0 spiro atoms. The normalized spacial score (nSPS) is 8.50. The molecule has 0 radical (unpaired) electrons. The largest absolute Gasteiger partial charge is 0.428 e. The highest BCUT2D eigenvalue weighted by molar-refractivity contribution is 5.75. The zero-order chi connectivity index (χ0) is 7.98. The molecule has 58 valence electrons. The molecule has 5 nitrogen and oxygen atoms in total. The summed E-state index contributed by atoms with van der Waals surface area (Å²) in [5, 5.41) is 2.30. The van der Waals surface area contributed by atoms with Crippen molar-refractivity contribution in [2.75, 3.05) is 6.73 Å². The molecule has 10 heavy (non-hydrogen) atoms. The fraction of sp³-hybridized carbons (Fsp3) is 0.600. The minimum absolute atomic E-state index is 0.151. The molecule has 0 aromatic carbocycles. The van der Waals surface area contributed by atoms with Crippen LogP contribution in [0.25, 0.3) is 0 Å². The van der Waals surface area contributed by atoms with E-state index in [1.54, 1.807) is 6.92 Å². The highest BCUT2D eigenvalue weighted by atomic mass is 16.6. The average molecular weight is 146 g/mol. The Bertz CT molecular complexity index is 135. The first-order valence-electron chi connectivity index (χ1n) is 2.85. The highest BCUT2D eigenvalue weighted by Crippen LogP contribution is 1.74. The standard InChI is InChI=1S/C5H10N2O3/c1-2-4(8)7-3-10-5(6)9/h2-3H2,1H3,(H2,6,9)(H,7,8). The second kappa shape index (κ2) is 4.60. The van der Waals surface area contributed by atoms with Gasteiger partial charge in [-0.05, 0) is 0 Å². The summed E-state index contributed by atoms with van der Waals surface area (Å²) >= 11 is 0. The van der Waals surface area contributed by atoms with Gasteiger partial charge in [0.2, 0.25) is 5.91 Å². The van der Waals surface area contributed by atoms with E-state index in [0.717, 1.165) is 0 Å². The molecule has 0 saturated heterocycles. The van der Waals surface area contributed by atoms with Crippen molar-refractivity contribution in [1.82, 2.24) is 5.32 Å². The van der Waals surface area contributed by atoms with Gasteiger partial charge >= 0.3 is 6.09 Å². The topological polar surface area (TPSA) is 81.4 Å². The lowest BCUT2D eigenvalue weighted by atomic mass is 10.5. The van der Waals surface area contributed by atoms with Crippen LogP contribution >= 0.6 is 0 Å². The molecule has 0 bridgehead atoms. The van der Waals surface area contributed by atoms with E-state index in [1.807, 2.05) is 0 Å². The summed E-state index contributed by atoms with van der Waals surface area (Å²) in [6.07, 6.45) is -0.529. The summed E-state index contributed by atoms with van der Waals surface area (Å²) in [5.41, 5.74) is 4.61. The number of amides is 2. The summed E-state index contributed by atoms with van der Waals surface area (Å²) in [7, 11) is 0. The van der Waals surface area contributed by atoms with Crippen LogP contribution in [0, 0.1) is 0 Å². The maximum absolute atomic E-state index is 10.5. The van der Waals surface area contributed by atoms with Gasteiger partial charge in [0.1, 0.15) is 0 Å². The molecular weight excluding hydrogens is 136 g/mol. The second-order valence-corrected chi connectivity index (χ2v) is 1.56. The van der Waals surface area contributed by atoms with E-state index >= 15 is 0 Å². The summed E-state index contributed by atoms with van der Waals surface area (Å²) in [6, 6.07) is 0. The van der Waals surface area contributed by atoms with E-state index in [4.69, 9.17) is 0 Å². The molecule has 5 heteroatoms. The van der Waals surface area contributed by atoms with Gasteiger partial charge in [-0.25, -0.2) is 4.79 Å². The molecule has 0 rings (SSSR count). The number of rotatable bonds is 3. The SMILES string of the molecule is CCC(=O)NCOC(N)=O. The molecule has 0 aromatic rings. The van der Waals surface area contributed by atoms with E-state index in [9.17, 15) is 9.59 Å². The number of nitrogens with two attached hydrogens (primary N) is 1. The Morgan fingerprint density at radius 3 is 2.60 bits per heavy atom. The van der Waals surface area contributed by atoms with Crippen molar-refractivity contribution in [2.24, 2.45) is 5.73 Å². The number of carbonyl (C=O) groups is 2. The van der Waals surface area contributed by atoms with Crippen molar-refractivity contribution in [3.8, 4) is 0 Å². The molecule has 0 fully saturated rings. The van der Waals surface area contributed by atoms with E-state index < -0.39 is 6.09 Å². The van der Waals surface area contributed by atoms with Gasteiger partial charge in [0.25, 0.3) is 0 Å². The van der Waals surface area contributed by atoms with Gasteiger partial charge in [0, 0.05) is 6.42 Å². The summed E-state index contributed by atoms with van der Waals surface area (Å²) in [4.78, 5) is 20.4. The minimum Gasteiger partial charge on any atom is -0.428 e.